The summed E-state index contributed by atoms with van der Waals surface area (Å²) < 4.78 is 4.96. The molecule has 0 saturated heterocycles. The van der Waals surface area contributed by atoms with Gasteiger partial charge in [-0.3, -0.25) is 4.79 Å². The van der Waals surface area contributed by atoms with Crippen molar-refractivity contribution in [3.8, 4) is 6.07 Å². The molecule has 0 atom stereocenters. The lowest BCUT2D eigenvalue weighted by Crippen LogP contribution is -2.12. The zero-order chi connectivity index (χ0) is 14.3. The first-order chi connectivity index (χ1) is 9.12. The van der Waals surface area contributed by atoms with Crippen molar-refractivity contribution in [1.82, 2.24) is 0 Å². The van der Waals surface area contributed by atoms with Crippen molar-refractivity contribution in [2.24, 2.45) is 0 Å². The molecule has 0 bridgehead atoms. The topological polar surface area (TPSA) is 67.2 Å². The van der Waals surface area contributed by atoms with E-state index in [1.165, 1.54) is 0 Å². The molecule has 0 spiro atoms. The van der Waals surface area contributed by atoms with Crippen molar-refractivity contribution >= 4 is 27.7 Å². The Morgan fingerprint density at radius 1 is 1.42 bits per heavy atom. The van der Waals surface area contributed by atoms with Crippen molar-refractivity contribution in [2.45, 2.75) is 19.8 Å². The van der Waals surface area contributed by atoms with Crippen LogP contribution in [0.5, 0.6) is 0 Å². The summed E-state index contributed by atoms with van der Waals surface area (Å²) in [5.41, 5.74) is 1.78. The van der Waals surface area contributed by atoms with Gasteiger partial charge in [-0.15, -0.1) is 0 Å². The Labute approximate surface area is 120 Å². The van der Waals surface area contributed by atoms with Crippen LogP contribution >= 0.6 is 15.9 Å². The van der Waals surface area contributed by atoms with Crippen LogP contribution in [0.4, 0.5) is 0 Å². The van der Waals surface area contributed by atoms with Gasteiger partial charge >= 0.3 is 5.97 Å². The van der Waals surface area contributed by atoms with Gasteiger partial charge in [-0.2, -0.15) is 5.26 Å². The number of benzene rings is 1. The van der Waals surface area contributed by atoms with E-state index in [-0.39, 0.29) is 30.6 Å². The minimum atomic E-state index is -0.441. The predicted molar refractivity (Wildman–Crippen MR) is 74.2 cm³/mol. The van der Waals surface area contributed by atoms with E-state index in [9.17, 15) is 9.59 Å². The Hall–Kier alpha value is -1.67. The van der Waals surface area contributed by atoms with E-state index in [1.807, 2.05) is 6.07 Å². The van der Waals surface area contributed by atoms with Crippen LogP contribution < -0.4 is 0 Å². The number of hydrogen-bond acceptors (Lipinski definition) is 4. The number of ether oxygens (including phenoxy) is 1. The molecular formula is C14H14BrNO3. The molecule has 5 heteroatoms. The summed E-state index contributed by atoms with van der Waals surface area (Å²) in [6.07, 6.45) is 0.400. The number of esters is 1. The number of alkyl halides is 1. The van der Waals surface area contributed by atoms with Gasteiger partial charge in [0.2, 0.25) is 0 Å². The predicted octanol–water partition coefficient (Wildman–Crippen LogP) is 2.44. The SMILES string of the molecule is CCOC(=O)c1ccc(CC#N)cc1CC(=O)CBr. The summed E-state index contributed by atoms with van der Waals surface area (Å²) in [5.74, 6) is -0.469. The van der Waals surface area contributed by atoms with Gasteiger partial charge in [-0.25, -0.2) is 4.79 Å². The maximum atomic E-state index is 11.8. The number of halogens is 1. The molecule has 1 aromatic rings. The summed E-state index contributed by atoms with van der Waals surface area (Å²) in [7, 11) is 0. The van der Waals surface area contributed by atoms with E-state index in [0.29, 0.717) is 11.1 Å². The van der Waals surface area contributed by atoms with Crippen LogP contribution in [0.2, 0.25) is 0 Å². The summed E-state index contributed by atoms with van der Waals surface area (Å²) in [6.45, 7) is 2.01. The van der Waals surface area contributed by atoms with Crippen molar-refractivity contribution in [2.75, 3.05) is 11.9 Å². The number of rotatable bonds is 6. The number of nitriles is 1. The van der Waals surface area contributed by atoms with Crippen LogP contribution in [0.1, 0.15) is 28.4 Å². The van der Waals surface area contributed by atoms with Gasteiger partial charge in [-0.05, 0) is 24.1 Å². The maximum absolute atomic E-state index is 11.8. The zero-order valence-electron chi connectivity index (χ0n) is 10.6. The molecule has 0 saturated carbocycles. The fourth-order valence-electron chi connectivity index (χ4n) is 1.66. The Kier molecular flexibility index (Phi) is 6.23. The highest BCUT2D eigenvalue weighted by molar-refractivity contribution is 9.09. The third-order valence-electron chi connectivity index (χ3n) is 2.48. The van der Waals surface area contributed by atoms with E-state index in [2.05, 4.69) is 15.9 Å². The van der Waals surface area contributed by atoms with Crippen LogP contribution in [0.3, 0.4) is 0 Å². The highest BCUT2D eigenvalue weighted by Crippen LogP contribution is 2.16. The van der Waals surface area contributed by atoms with Crippen molar-refractivity contribution in [3.63, 3.8) is 0 Å². The first kappa shape index (κ1) is 15.4. The molecule has 0 radical (unpaired) electrons. The van der Waals surface area contributed by atoms with Gasteiger partial charge in [0.1, 0.15) is 5.78 Å². The number of carbonyl (C=O) groups excluding carboxylic acids is 2. The first-order valence-electron chi connectivity index (χ1n) is 5.85. The van der Waals surface area contributed by atoms with Crippen LogP contribution in [-0.4, -0.2) is 23.7 Å². The Bertz CT molecular complexity index is 520. The molecular weight excluding hydrogens is 310 g/mol. The minimum absolute atomic E-state index is 0.0281. The molecule has 1 rings (SSSR count). The second kappa shape index (κ2) is 7.70. The second-order valence-electron chi connectivity index (χ2n) is 3.90. The van der Waals surface area contributed by atoms with Gasteiger partial charge in [0, 0.05) is 6.42 Å². The molecule has 0 N–H and O–H groups in total. The van der Waals surface area contributed by atoms with Crippen LogP contribution in [-0.2, 0) is 22.4 Å². The Balaban J connectivity index is 3.11. The van der Waals surface area contributed by atoms with Gasteiger partial charge < -0.3 is 4.74 Å². The van der Waals surface area contributed by atoms with E-state index in [4.69, 9.17) is 10.00 Å². The Morgan fingerprint density at radius 3 is 2.74 bits per heavy atom. The third-order valence-corrected chi connectivity index (χ3v) is 3.11. The average molecular weight is 324 g/mol. The lowest BCUT2D eigenvalue weighted by atomic mass is 9.98. The molecule has 0 fully saturated rings. The van der Waals surface area contributed by atoms with E-state index >= 15 is 0 Å². The van der Waals surface area contributed by atoms with E-state index in [1.54, 1.807) is 25.1 Å². The number of hydrogen-bond donors (Lipinski definition) is 0. The number of carbonyl (C=O) groups is 2. The largest absolute Gasteiger partial charge is 0.462 e. The molecule has 0 aliphatic heterocycles. The van der Waals surface area contributed by atoms with Crippen molar-refractivity contribution in [3.05, 3.63) is 34.9 Å². The van der Waals surface area contributed by atoms with E-state index in [0.717, 1.165) is 5.56 Å². The molecule has 0 aliphatic rings. The smallest absolute Gasteiger partial charge is 0.338 e. The van der Waals surface area contributed by atoms with Gasteiger partial charge in [0.25, 0.3) is 0 Å². The minimum Gasteiger partial charge on any atom is -0.462 e. The van der Waals surface area contributed by atoms with Crippen molar-refractivity contribution < 1.29 is 14.3 Å². The third kappa shape index (κ3) is 4.49. The lowest BCUT2D eigenvalue weighted by Gasteiger charge is -2.09. The molecule has 1 aromatic carbocycles. The monoisotopic (exact) mass is 323 g/mol. The molecule has 0 heterocycles. The zero-order valence-corrected chi connectivity index (χ0v) is 12.2. The van der Waals surface area contributed by atoms with Crippen LogP contribution in [0.15, 0.2) is 18.2 Å². The van der Waals surface area contributed by atoms with E-state index < -0.39 is 5.97 Å². The van der Waals surface area contributed by atoms with Crippen LogP contribution in [0, 0.1) is 11.3 Å². The highest BCUT2D eigenvalue weighted by atomic mass is 79.9. The fraction of sp³-hybridized carbons (Fsp3) is 0.357. The van der Waals surface area contributed by atoms with Gasteiger partial charge in [0.05, 0.1) is 30.0 Å². The maximum Gasteiger partial charge on any atom is 0.338 e. The highest BCUT2D eigenvalue weighted by Gasteiger charge is 2.15. The molecule has 100 valence electrons. The lowest BCUT2D eigenvalue weighted by molar-refractivity contribution is -0.115. The first-order valence-corrected chi connectivity index (χ1v) is 6.98. The molecule has 0 aromatic heterocycles. The normalized spacial score (nSPS) is 9.74. The standard InChI is InChI=1S/C14H14BrNO3/c1-2-19-14(18)13-4-3-10(5-6-16)7-11(13)8-12(17)9-15/h3-4,7H,2,5,8-9H2,1H3. The quantitative estimate of drug-likeness (QED) is 0.595. The molecule has 4 nitrogen and oxygen atoms in total. The molecule has 0 amide bonds. The number of Topliss-reactive ketones (excluding diaryl/α,β-unsaturated/α-hetero) is 1. The Morgan fingerprint density at radius 2 is 2.16 bits per heavy atom. The molecule has 0 aliphatic carbocycles. The van der Waals surface area contributed by atoms with Crippen LogP contribution in [0.25, 0.3) is 0 Å². The van der Waals surface area contributed by atoms with Gasteiger partial charge in [0.15, 0.2) is 0 Å². The summed E-state index contributed by atoms with van der Waals surface area (Å²) in [5, 5.41) is 8.92. The van der Waals surface area contributed by atoms with Gasteiger partial charge in [-0.1, -0.05) is 28.1 Å². The number of ketones is 1. The van der Waals surface area contributed by atoms with Crippen molar-refractivity contribution in [1.29, 1.82) is 5.26 Å². The fourth-order valence-corrected chi connectivity index (χ4v) is 1.86. The molecule has 0 unspecified atom stereocenters. The summed E-state index contributed by atoms with van der Waals surface area (Å²) in [4.78, 5) is 23.3. The second-order valence-corrected chi connectivity index (χ2v) is 4.46. The summed E-state index contributed by atoms with van der Waals surface area (Å²) in [6, 6.07) is 7.08. The average Bonchev–Trinajstić information content (AvgIpc) is 2.39. The number of nitrogens with zero attached hydrogens (tertiary/aromatic N) is 1. The molecule has 19 heavy (non-hydrogen) atoms. The summed E-state index contributed by atoms with van der Waals surface area (Å²) >= 11 is 3.10.